The molecule has 1 N–H and O–H groups in total. The molecule has 0 radical (unpaired) electrons. The summed E-state index contributed by atoms with van der Waals surface area (Å²) in [6.45, 7) is 1.36. The molecule has 2 aromatic rings. The van der Waals surface area contributed by atoms with Crippen LogP contribution in [0, 0.1) is 5.92 Å². The molecule has 1 aliphatic rings. The SMILES string of the molecule is CCc1ccccc1N1C[C@H](C(=O)OCC(=O)Nc2cc(C(F)(F)F)ccc2Cl)CC1=O. The van der Waals surface area contributed by atoms with Crippen LogP contribution in [-0.4, -0.2) is 30.9 Å². The average molecular weight is 469 g/mol. The number of nitrogens with one attached hydrogen (secondary N) is 1. The Kier molecular flexibility index (Phi) is 7.08. The van der Waals surface area contributed by atoms with Gasteiger partial charge in [-0.05, 0) is 36.2 Å². The molecule has 0 spiro atoms. The molecule has 1 aliphatic heterocycles. The molecule has 3 rings (SSSR count). The molecule has 0 aromatic heterocycles. The van der Waals surface area contributed by atoms with E-state index in [4.69, 9.17) is 16.3 Å². The molecule has 1 heterocycles. The predicted octanol–water partition coefficient (Wildman–Crippen LogP) is 4.46. The fourth-order valence-electron chi connectivity index (χ4n) is 3.41. The van der Waals surface area contributed by atoms with Crippen molar-refractivity contribution in [3.63, 3.8) is 0 Å². The lowest BCUT2D eigenvalue weighted by Gasteiger charge is -2.19. The number of hydrogen-bond donors (Lipinski definition) is 1. The number of benzene rings is 2. The number of aryl methyl sites for hydroxylation is 1. The molecule has 1 fully saturated rings. The highest BCUT2D eigenvalue weighted by Gasteiger charge is 2.37. The van der Waals surface area contributed by atoms with E-state index in [0.29, 0.717) is 12.5 Å². The van der Waals surface area contributed by atoms with Gasteiger partial charge in [-0.2, -0.15) is 13.2 Å². The number of ether oxygens (including phenoxy) is 1. The number of amides is 2. The van der Waals surface area contributed by atoms with Gasteiger partial charge in [0, 0.05) is 18.7 Å². The summed E-state index contributed by atoms with van der Waals surface area (Å²) in [6.07, 6.45) is -3.95. The van der Waals surface area contributed by atoms with Gasteiger partial charge in [-0.3, -0.25) is 14.4 Å². The van der Waals surface area contributed by atoms with Crippen molar-refractivity contribution in [1.82, 2.24) is 0 Å². The highest BCUT2D eigenvalue weighted by Crippen LogP contribution is 2.34. The number of anilines is 2. The first kappa shape index (κ1) is 23.6. The van der Waals surface area contributed by atoms with Crippen LogP contribution in [0.1, 0.15) is 24.5 Å². The van der Waals surface area contributed by atoms with Crippen LogP contribution in [-0.2, 0) is 31.7 Å². The van der Waals surface area contributed by atoms with Gasteiger partial charge in [0.25, 0.3) is 5.91 Å². The van der Waals surface area contributed by atoms with Crippen molar-refractivity contribution >= 4 is 40.8 Å². The summed E-state index contributed by atoms with van der Waals surface area (Å²) in [6, 6.07) is 9.87. The minimum Gasteiger partial charge on any atom is -0.455 e. The number of rotatable bonds is 6. The van der Waals surface area contributed by atoms with E-state index in [-0.39, 0.29) is 29.6 Å². The standard InChI is InChI=1S/C22H20ClF3N2O4/c1-2-13-5-3-4-6-18(13)28-11-14(9-20(28)30)21(31)32-12-19(29)27-17-10-15(22(24,25)26)7-8-16(17)23/h3-8,10,14H,2,9,11-12H2,1H3,(H,27,29)/t14-/m1/s1. The van der Waals surface area contributed by atoms with E-state index >= 15 is 0 Å². The minimum atomic E-state index is -4.60. The van der Waals surface area contributed by atoms with Gasteiger partial charge in [0.2, 0.25) is 5.91 Å². The fraction of sp³-hybridized carbons (Fsp3) is 0.318. The maximum atomic E-state index is 12.8. The summed E-state index contributed by atoms with van der Waals surface area (Å²) in [7, 11) is 0. The molecule has 0 unspecified atom stereocenters. The average Bonchev–Trinajstić information content (AvgIpc) is 3.14. The molecular formula is C22H20ClF3N2O4. The number of carbonyl (C=O) groups excluding carboxylic acids is 3. The zero-order valence-electron chi connectivity index (χ0n) is 17.0. The van der Waals surface area contributed by atoms with Crippen LogP contribution in [0.4, 0.5) is 24.5 Å². The molecule has 2 amide bonds. The Bertz CT molecular complexity index is 1040. The van der Waals surface area contributed by atoms with Crippen molar-refractivity contribution in [1.29, 1.82) is 0 Å². The van der Waals surface area contributed by atoms with Crippen LogP contribution in [0.3, 0.4) is 0 Å². The molecule has 170 valence electrons. The third kappa shape index (κ3) is 5.40. The van der Waals surface area contributed by atoms with E-state index in [1.807, 2.05) is 19.1 Å². The second kappa shape index (κ2) is 9.60. The van der Waals surface area contributed by atoms with Crippen molar-refractivity contribution in [2.75, 3.05) is 23.4 Å². The molecular weight excluding hydrogens is 449 g/mol. The highest BCUT2D eigenvalue weighted by molar-refractivity contribution is 6.33. The van der Waals surface area contributed by atoms with Gasteiger partial charge >= 0.3 is 12.1 Å². The quantitative estimate of drug-likeness (QED) is 0.635. The third-order valence-electron chi connectivity index (χ3n) is 5.03. The van der Waals surface area contributed by atoms with E-state index in [2.05, 4.69) is 5.32 Å². The molecule has 1 saturated heterocycles. The van der Waals surface area contributed by atoms with Crippen LogP contribution in [0.5, 0.6) is 0 Å². The topological polar surface area (TPSA) is 75.7 Å². The number of halogens is 4. The highest BCUT2D eigenvalue weighted by atomic mass is 35.5. The Hall–Kier alpha value is -3.07. The van der Waals surface area contributed by atoms with Crippen molar-refractivity contribution in [2.24, 2.45) is 5.92 Å². The van der Waals surface area contributed by atoms with E-state index in [0.717, 1.165) is 23.4 Å². The normalized spacial score (nSPS) is 16.2. The first-order valence-corrected chi connectivity index (χ1v) is 10.2. The van der Waals surface area contributed by atoms with Gasteiger partial charge in [0.15, 0.2) is 6.61 Å². The summed E-state index contributed by atoms with van der Waals surface area (Å²) >= 11 is 5.84. The van der Waals surface area contributed by atoms with Crippen molar-refractivity contribution in [3.8, 4) is 0 Å². The minimum absolute atomic E-state index is 0.0576. The summed E-state index contributed by atoms with van der Waals surface area (Å²) < 4.78 is 43.5. The maximum Gasteiger partial charge on any atom is 0.416 e. The van der Waals surface area contributed by atoms with Crippen LogP contribution in [0.25, 0.3) is 0 Å². The number of esters is 1. The molecule has 0 bridgehead atoms. The monoisotopic (exact) mass is 468 g/mol. The second-order valence-corrected chi connectivity index (χ2v) is 7.64. The van der Waals surface area contributed by atoms with Gasteiger partial charge in [-0.15, -0.1) is 0 Å². The van der Waals surface area contributed by atoms with E-state index in [9.17, 15) is 27.6 Å². The summed E-state index contributed by atoms with van der Waals surface area (Å²) in [5.74, 6) is -2.57. The van der Waals surface area contributed by atoms with E-state index in [1.54, 1.807) is 12.1 Å². The number of alkyl halides is 3. The smallest absolute Gasteiger partial charge is 0.416 e. The van der Waals surface area contributed by atoms with E-state index < -0.39 is 36.1 Å². The number of para-hydroxylation sites is 1. The Morgan fingerprint density at radius 2 is 1.94 bits per heavy atom. The molecule has 0 aliphatic carbocycles. The molecule has 6 nitrogen and oxygen atoms in total. The van der Waals surface area contributed by atoms with Crippen LogP contribution < -0.4 is 10.2 Å². The molecule has 2 aromatic carbocycles. The first-order valence-electron chi connectivity index (χ1n) is 9.81. The Morgan fingerprint density at radius 3 is 2.62 bits per heavy atom. The van der Waals surface area contributed by atoms with Crippen LogP contribution >= 0.6 is 11.6 Å². The van der Waals surface area contributed by atoms with Crippen molar-refractivity contribution < 1.29 is 32.3 Å². The van der Waals surface area contributed by atoms with Gasteiger partial charge in [0.05, 0.1) is 22.2 Å². The maximum absolute atomic E-state index is 12.8. The Balaban J connectivity index is 1.58. The summed E-state index contributed by atoms with van der Waals surface area (Å²) in [4.78, 5) is 38.4. The first-order chi connectivity index (χ1) is 15.1. The summed E-state index contributed by atoms with van der Waals surface area (Å²) in [5, 5.41) is 2.11. The van der Waals surface area contributed by atoms with Gasteiger partial charge in [-0.25, -0.2) is 0 Å². The van der Waals surface area contributed by atoms with Crippen molar-refractivity contribution in [3.05, 3.63) is 58.6 Å². The molecule has 1 atom stereocenters. The largest absolute Gasteiger partial charge is 0.455 e. The Labute approximate surface area is 187 Å². The predicted molar refractivity (Wildman–Crippen MR) is 112 cm³/mol. The Morgan fingerprint density at radius 1 is 1.22 bits per heavy atom. The fourth-order valence-corrected chi connectivity index (χ4v) is 3.57. The lowest BCUT2D eigenvalue weighted by molar-refractivity contribution is -0.151. The number of hydrogen-bond acceptors (Lipinski definition) is 4. The third-order valence-corrected chi connectivity index (χ3v) is 5.36. The van der Waals surface area contributed by atoms with Crippen LogP contribution in [0.2, 0.25) is 5.02 Å². The zero-order chi connectivity index (χ0) is 23.5. The van der Waals surface area contributed by atoms with Gasteiger partial charge in [0.1, 0.15) is 0 Å². The molecule has 32 heavy (non-hydrogen) atoms. The lowest BCUT2D eigenvalue weighted by atomic mass is 10.1. The van der Waals surface area contributed by atoms with Gasteiger partial charge < -0.3 is 15.0 Å². The second-order valence-electron chi connectivity index (χ2n) is 7.24. The molecule has 0 saturated carbocycles. The van der Waals surface area contributed by atoms with E-state index in [1.165, 1.54) is 4.90 Å². The number of carbonyl (C=O) groups is 3. The molecule has 10 heteroatoms. The lowest BCUT2D eigenvalue weighted by Crippen LogP contribution is -2.28. The number of nitrogens with zero attached hydrogens (tertiary/aromatic N) is 1. The van der Waals surface area contributed by atoms with Crippen molar-refractivity contribution in [2.45, 2.75) is 25.9 Å². The zero-order valence-corrected chi connectivity index (χ0v) is 17.8. The van der Waals surface area contributed by atoms with Crippen LogP contribution in [0.15, 0.2) is 42.5 Å². The summed E-state index contributed by atoms with van der Waals surface area (Å²) in [5.41, 5.74) is 0.464. The van der Waals surface area contributed by atoms with Gasteiger partial charge in [-0.1, -0.05) is 36.7 Å².